The van der Waals surface area contributed by atoms with Crippen LogP contribution in [0.4, 0.5) is 34.1 Å². The standard InChI is InChI=1S/C76H50N2O/c1-3-19-53(20-4-1)69-33-11-13-37-73(69)77(61-29-15-27-57(43-61)67-35-17-25-51-23-7-9-31-65(51)67)63-41-39-55-47-71-72-48-56-40-42-64(46-60(56)50-76(72)79-75(71)49-59(55)45-63)78(74-38-14-12-34-70(74)54-21-5-2-6-22-54)62-30-16-28-58(44-62)68-36-18-26-52-24-8-10-32-66(52)68/h1-50H. The van der Waals surface area contributed by atoms with Gasteiger partial charge in [0.1, 0.15) is 11.2 Å². The van der Waals surface area contributed by atoms with Gasteiger partial charge in [0.05, 0.1) is 11.4 Å². The molecule has 79 heavy (non-hydrogen) atoms. The monoisotopic (exact) mass is 1010 g/mol. The summed E-state index contributed by atoms with van der Waals surface area (Å²) in [5.41, 5.74) is 17.5. The fourth-order valence-corrected chi connectivity index (χ4v) is 12.0. The first kappa shape index (κ1) is 45.9. The Kier molecular flexibility index (Phi) is 11.2. The van der Waals surface area contributed by atoms with Gasteiger partial charge in [-0.15, -0.1) is 0 Å². The molecule has 370 valence electrons. The Morgan fingerprint density at radius 2 is 0.570 bits per heavy atom. The maximum Gasteiger partial charge on any atom is 0.136 e. The first-order valence-corrected chi connectivity index (χ1v) is 27.0. The van der Waals surface area contributed by atoms with Crippen LogP contribution in [0.25, 0.3) is 110 Å². The third kappa shape index (κ3) is 8.24. The first-order valence-electron chi connectivity index (χ1n) is 27.0. The van der Waals surface area contributed by atoms with Gasteiger partial charge in [0.2, 0.25) is 0 Å². The van der Waals surface area contributed by atoms with Crippen LogP contribution in [0.1, 0.15) is 0 Å². The van der Waals surface area contributed by atoms with Crippen molar-refractivity contribution in [1.82, 2.24) is 0 Å². The van der Waals surface area contributed by atoms with Crippen LogP contribution >= 0.6 is 0 Å². The van der Waals surface area contributed by atoms with Gasteiger partial charge in [-0.25, -0.2) is 0 Å². The molecule has 0 atom stereocenters. The summed E-state index contributed by atoms with van der Waals surface area (Å²) in [6.45, 7) is 0. The minimum Gasteiger partial charge on any atom is -0.456 e. The highest BCUT2D eigenvalue weighted by Crippen LogP contribution is 2.47. The molecule has 0 bridgehead atoms. The molecule has 1 heterocycles. The number of fused-ring (bicyclic) bond motifs is 7. The molecule has 3 heteroatoms. The SMILES string of the molecule is c1ccc(-c2ccccc2N(c2cccc(-c3cccc4ccccc34)c2)c2ccc3cc4c(cc3c2)oc2cc3cc(N(c5cccc(-c6cccc7ccccc67)c5)c5ccccc5-c5ccccc5)ccc3cc24)cc1. The van der Waals surface area contributed by atoms with Gasteiger partial charge in [0.25, 0.3) is 0 Å². The third-order valence-electron chi connectivity index (χ3n) is 15.7. The molecule has 0 N–H and O–H groups in total. The third-order valence-corrected chi connectivity index (χ3v) is 15.7. The normalized spacial score (nSPS) is 11.5. The van der Waals surface area contributed by atoms with E-state index in [0.29, 0.717) is 0 Å². The predicted octanol–water partition coefficient (Wildman–Crippen LogP) is 21.8. The second-order valence-electron chi connectivity index (χ2n) is 20.5. The zero-order chi connectivity index (χ0) is 52.2. The molecule has 0 saturated heterocycles. The highest BCUT2D eigenvalue weighted by molar-refractivity contribution is 6.14. The molecule has 0 radical (unpaired) electrons. The lowest BCUT2D eigenvalue weighted by Gasteiger charge is -2.28. The lowest BCUT2D eigenvalue weighted by molar-refractivity contribution is 0.670. The fraction of sp³-hybridized carbons (Fsp3) is 0. The van der Waals surface area contributed by atoms with Crippen LogP contribution in [0.2, 0.25) is 0 Å². The number of benzene rings is 14. The molecule has 0 fully saturated rings. The van der Waals surface area contributed by atoms with Gasteiger partial charge in [0, 0.05) is 44.6 Å². The molecule has 15 rings (SSSR count). The highest BCUT2D eigenvalue weighted by Gasteiger charge is 2.22. The van der Waals surface area contributed by atoms with Crippen molar-refractivity contribution in [3.05, 3.63) is 303 Å². The number of hydrogen-bond acceptors (Lipinski definition) is 3. The first-order chi connectivity index (χ1) is 39.1. The molecule has 0 aliphatic carbocycles. The van der Waals surface area contributed by atoms with Gasteiger partial charge in [0.15, 0.2) is 0 Å². The smallest absolute Gasteiger partial charge is 0.136 e. The average Bonchev–Trinajstić information content (AvgIpc) is 4.01. The molecule has 1 aromatic heterocycles. The summed E-state index contributed by atoms with van der Waals surface area (Å²) in [5, 5.41) is 11.6. The van der Waals surface area contributed by atoms with Crippen molar-refractivity contribution >= 4 is 99.2 Å². The second kappa shape index (κ2) is 19.3. The summed E-state index contributed by atoms with van der Waals surface area (Å²) in [6.07, 6.45) is 0. The number of nitrogens with zero attached hydrogens (tertiary/aromatic N) is 2. The van der Waals surface area contributed by atoms with Crippen LogP contribution in [0.5, 0.6) is 0 Å². The van der Waals surface area contributed by atoms with E-state index in [0.717, 1.165) is 111 Å². The van der Waals surface area contributed by atoms with E-state index in [-0.39, 0.29) is 0 Å². The molecule has 0 aliphatic rings. The van der Waals surface area contributed by atoms with E-state index < -0.39 is 0 Å². The summed E-state index contributed by atoms with van der Waals surface area (Å²) < 4.78 is 6.93. The van der Waals surface area contributed by atoms with Crippen LogP contribution in [-0.4, -0.2) is 0 Å². The maximum atomic E-state index is 6.93. The second-order valence-corrected chi connectivity index (χ2v) is 20.5. The van der Waals surface area contributed by atoms with E-state index in [1.54, 1.807) is 0 Å². The van der Waals surface area contributed by atoms with Crippen LogP contribution < -0.4 is 9.80 Å². The number of para-hydroxylation sites is 2. The van der Waals surface area contributed by atoms with Crippen molar-refractivity contribution in [2.75, 3.05) is 9.80 Å². The zero-order valence-electron chi connectivity index (χ0n) is 43.2. The molecule has 0 amide bonds. The van der Waals surface area contributed by atoms with Crippen LogP contribution in [-0.2, 0) is 0 Å². The van der Waals surface area contributed by atoms with Crippen molar-refractivity contribution in [2.24, 2.45) is 0 Å². The lowest BCUT2D eigenvalue weighted by Crippen LogP contribution is -2.11. The summed E-state index contributed by atoms with van der Waals surface area (Å²) in [4.78, 5) is 4.82. The van der Waals surface area contributed by atoms with Crippen molar-refractivity contribution in [1.29, 1.82) is 0 Å². The number of furan rings is 1. The average molecular weight is 1010 g/mol. The Bertz CT molecular complexity index is 4490. The zero-order valence-corrected chi connectivity index (χ0v) is 43.2. The maximum absolute atomic E-state index is 6.93. The highest BCUT2D eigenvalue weighted by atomic mass is 16.3. The summed E-state index contributed by atoms with van der Waals surface area (Å²) >= 11 is 0. The van der Waals surface area contributed by atoms with Gasteiger partial charge >= 0.3 is 0 Å². The van der Waals surface area contributed by atoms with Crippen molar-refractivity contribution in [3.8, 4) is 44.5 Å². The van der Waals surface area contributed by atoms with Crippen LogP contribution in [0.3, 0.4) is 0 Å². The Hall–Kier alpha value is -10.5. The fourth-order valence-electron chi connectivity index (χ4n) is 12.0. The van der Waals surface area contributed by atoms with E-state index in [4.69, 9.17) is 4.42 Å². The lowest BCUT2D eigenvalue weighted by atomic mass is 9.97. The van der Waals surface area contributed by atoms with E-state index in [9.17, 15) is 0 Å². The molecule has 0 spiro atoms. The number of rotatable bonds is 10. The summed E-state index contributed by atoms with van der Waals surface area (Å²) in [6, 6.07) is 110. The van der Waals surface area contributed by atoms with Crippen LogP contribution in [0, 0.1) is 0 Å². The minimum absolute atomic E-state index is 0.855. The largest absolute Gasteiger partial charge is 0.456 e. The Balaban J connectivity index is 0.856. The molecule has 14 aromatic carbocycles. The van der Waals surface area contributed by atoms with Gasteiger partial charge in [-0.05, 0) is 161 Å². The van der Waals surface area contributed by atoms with Gasteiger partial charge in [-0.1, -0.05) is 218 Å². The number of hydrogen-bond donors (Lipinski definition) is 0. The van der Waals surface area contributed by atoms with Crippen LogP contribution in [0.15, 0.2) is 308 Å². The Morgan fingerprint density at radius 3 is 1.05 bits per heavy atom. The molecule has 0 unspecified atom stereocenters. The summed E-state index contributed by atoms with van der Waals surface area (Å²) in [7, 11) is 0. The summed E-state index contributed by atoms with van der Waals surface area (Å²) in [5.74, 6) is 0. The van der Waals surface area contributed by atoms with Crippen molar-refractivity contribution in [2.45, 2.75) is 0 Å². The van der Waals surface area contributed by atoms with E-state index >= 15 is 0 Å². The molecule has 15 aromatic rings. The van der Waals surface area contributed by atoms with Gasteiger partial charge in [-0.2, -0.15) is 0 Å². The Morgan fingerprint density at radius 1 is 0.203 bits per heavy atom. The van der Waals surface area contributed by atoms with E-state index in [1.165, 1.54) is 32.7 Å². The van der Waals surface area contributed by atoms with E-state index in [1.807, 2.05) is 0 Å². The van der Waals surface area contributed by atoms with Crippen molar-refractivity contribution < 1.29 is 4.42 Å². The molecule has 0 saturated carbocycles. The minimum atomic E-state index is 0.855. The molecular formula is C76H50N2O. The molecule has 0 aliphatic heterocycles. The van der Waals surface area contributed by atoms with Gasteiger partial charge in [-0.3, -0.25) is 0 Å². The van der Waals surface area contributed by atoms with Gasteiger partial charge < -0.3 is 14.2 Å². The Labute approximate surface area is 458 Å². The topological polar surface area (TPSA) is 19.6 Å². The molecule has 3 nitrogen and oxygen atoms in total. The van der Waals surface area contributed by atoms with Crippen molar-refractivity contribution in [3.63, 3.8) is 0 Å². The quantitative estimate of drug-likeness (QED) is 0.136. The number of anilines is 6. The molecular weight excluding hydrogens is 957 g/mol. The predicted molar refractivity (Wildman–Crippen MR) is 335 cm³/mol. The van der Waals surface area contributed by atoms with E-state index in [2.05, 4.69) is 313 Å².